The van der Waals surface area contributed by atoms with Gasteiger partial charge in [0, 0.05) is 30.9 Å². The van der Waals surface area contributed by atoms with E-state index in [4.69, 9.17) is 4.74 Å². The van der Waals surface area contributed by atoms with Crippen LogP contribution in [0.5, 0.6) is 5.75 Å². The number of ether oxygens (including phenoxy) is 1. The fourth-order valence-electron chi connectivity index (χ4n) is 2.70. The van der Waals surface area contributed by atoms with E-state index < -0.39 is 0 Å². The molecule has 0 unspecified atom stereocenters. The average Bonchev–Trinajstić information content (AvgIpc) is 3.22. The zero-order chi connectivity index (χ0) is 18.4. The van der Waals surface area contributed by atoms with Crippen molar-refractivity contribution in [3.05, 3.63) is 52.8 Å². The molecule has 138 valence electrons. The molecule has 0 saturated heterocycles. The summed E-state index contributed by atoms with van der Waals surface area (Å²) in [6, 6.07) is 6.33. The number of hydrogen-bond donors (Lipinski definition) is 2. The molecule has 3 rings (SSSR count). The maximum absolute atomic E-state index is 5.39. The summed E-state index contributed by atoms with van der Waals surface area (Å²) in [5.74, 6) is 1.74. The number of aliphatic imine (C=N–C) groups is 1. The summed E-state index contributed by atoms with van der Waals surface area (Å²) in [6.45, 7) is 6.30. The van der Waals surface area contributed by atoms with Gasteiger partial charge in [0.25, 0.3) is 0 Å². The number of guanidine groups is 1. The molecule has 6 nitrogen and oxygen atoms in total. The number of aromatic nitrogens is 2. The Balaban J connectivity index is 1.56. The minimum absolute atomic E-state index is 0.558. The molecule has 7 heteroatoms. The first-order valence-corrected chi connectivity index (χ1v) is 9.64. The Kier molecular flexibility index (Phi) is 6.12. The highest BCUT2D eigenvalue weighted by atomic mass is 32.1. The Morgan fingerprint density at radius 2 is 2.23 bits per heavy atom. The second kappa shape index (κ2) is 8.71. The largest absolute Gasteiger partial charge is 0.496 e. The molecule has 0 amide bonds. The molecule has 0 aliphatic carbocycles. The van der Waals surface area contributed by atoms with Gasteiger partial charge in [-0.3, -0.25) is 4.40 Å². The standard InChI is InChI=1S/C19H25N5OS/c1-4-20-18(22-12-16-13-24-9-10-26-19(24)23-16)21-8-7-15-6-5-14(2)17(11-15)25-3/h5-6,9-11,13H,4,7-8,12H2,1-3H3,(H2,20,21,22). The van der Waals surface area contributed by atoms with E-state index in [0.717, 1.165) is 47.4 Å². The summed E-state index contributed by atoms with van der Waals surface area (Å²) >= 11 is 1.63. The van der Waals surface area contributed by atoms with Crippen molar-refractivity contribution in [1.29, 1.82) is 0 Å². The monoisotopic (exact) mass is 371 g/mol. The molecule has 0 bridgehead atoms. The van der Waals surface area contributed by atoms with Gasteiger partial charge in [0.1, 0.15) is 5.75 Å². The maximum Gasteiger partial charge on any atom is 0.193 e. The van der Waals surface area contributed by atoms with Gasteiger partial charge in [0.05, 0.1) is 19.3 Å². The summed E-state index contributed by atoms with van der Waals surface area (Å²) in [7, 11) is 1.71. The molecular weight excluding hydrogens is 346 g/mol. The third-order valence-corrected chi connectivity index (χ3v) is 4.84. The summed E-state index contributed by atoms with van der Waals surface area (Å²) in [6.07, 6.45) is 4.94. The highest BCUT2D eigenvalue weighted by Crippen LogP contribution is 2.19. The quantitative estimate of drug-likeness (QED) is 0.495. The first kappa shape index (κ1) is 18.3. The van der Waals surface area contributed by atoms with Crippen LogP contribution in [-0.2, 0) is 13.0 Å². The summed E-state index contributed by atoms with van der Waals surface area (Å²) in [5, 5.41) is 8.69. The molecule has 3 aromatic rings. The van der Waals surface area contributed by atoms with Crippen LogP contribution in [0.4, 0.5) is 0 Å². The van der Waals surface area contributed by atoms with Crippen molar-refractivity contribution >= 4 is 22.3 Å². The Hall–Kier alpha value is -2.54. The van der Waals surface area contributed by atoms with Gasteiger partial charge in [-0.25, -0.2) is 9.98 Å². The molecule has 2 N–H and O–H groups in total. The van der Waals surface area contributed by atoms with E-state index in [9.17, 15) is 0 Å². The smallest absolute Gasteiger partial charge is 0.193 e. The lowest BCUT2D eigenvalue weighted by molar-refractivity contribution is 0.411. The van der Waals surface area contributed by atoms with Gasteiger partial charge < -0.3 is 15.4 Å². The Labute approximate surface area is 157 Å². The second-order valence-electron chi connectivity index (χ2n) is 6.00. The van der Waals surface area contributed by atoms with E-state index in [0.29, 0.717) is 6.54 Å². The number of hydrogen-bond acceptors (Lipinski definition) is 4. The van der Waals surface area contributed by atoms with Crippen LogP contribution in [0.2, 0.25) is 0 Å². The van der Waals surface area contributed by atoms with E-state index in [1.54, 1.807) is 18.4 Å². The molecule has 0 radical (unpaired) electrons. The second-order valence-corrected chi connectivity index (χ2v) is 6.87. The van der Waals surface area contributed by atoms with E-state index in [1.807, 2.05) is 22.2 Å². The van der Waals surface area contributed by atoms with Crippen molar-refractivity contribution in [3.8, 4) is 5.75 Å². The van der Waals surface area contributed by atoms with Crippen LogP contribution < -0.4 is 15.4 Å². The van der Waals surface area contributed by atoms with Crippen molar-refractivity contribution in [2.45, 2.75) is 26.8 Å². The van der Waals surface area contributed by atoms with Crippen LogP contribution in [0, 0.1) is 6.92 Å². The van der Waals surface area contributed by atoms with Crippen molar-refractivity contribution in [2.75, 3.05) is 20.2 Å². The molecule has 26 heavy (non-hydrogen) atoms. The number of imidazole rings is 1. The zero-order valence-electron chi connectivity index (χ0n) is 15.5. The average molecular weight is 372 g/mol. The van der Waals surface area contributed by atoms with Crippen molar-refractivity contribution in [2.24, 2.45) is 4.99 Å². The van der Waals surface area contributed by atoms with Gasteiger partial charge in [-0.15, -0.1) is 11.3 Å². The van der Waals surface area contributed by atoms with Gasteiger partial charge in [-0.2, -0.15) is 0 Å². The summed E-state index contributed by atoms with van der Waals surface area (Å²) in [5.41, 5.74) is 3.36. The lowest BCUT2D eigenvalue weighted by Gasteiger charge is -2.12. The lowest BCUT2D eigenvalue weighted by Crippen LogP contribution is -2.38. The molecule has 2 heterocycles. The topological polar surface area (TPSA) is 63.0 Å². The SMILES string of the molecule is CCNC(=NCc1cn2ccsc2n1)NCCc1ccc(C)c(OC)c1. The van der Waals surface area contributed by atoms with Gasteiger partial charge in [0.2, 0.25) is 0 Å². The highest BCUT2D eigenvalue weighted by Gasteiger charge is 2.04. The molecule has 1 aromatic carbocycles. The van der Waals surface area contributed by atoms with Crippen LogP contribution in [0.3, 0.4) is 0 Å². The number of methoxy groups -OCH3 is 1. The predicted octanol–water partition coefficient (Wildman–Crippen LogP) is 3.01. The fourth-order valence-corrected chi connectivity index (χ4v) is 3.42. The number of nitrogens with one attached hydrogen (secondary N) is 2. The first-order chi connectivity index (χ1) is 12.7. The van der Waals surface area contributed by atoms with E-state index in [1.165, 1.54) is 5.56 Å². The third kappa shape index (κ3) is 4.54. The number of rotatable bonds is 7. The number of nitrogens with zero attached hydrogens (tertiary/aromatic N) is 3. The molecule has 0 fully saturated rings. The number of thiazole rings is 1. The molecule has 2 aromatic heterocycles. The molecule has 0 spiro atoms. The number of benzene rings is 1. The van der Waals surface area contributed by atoms with Crippen molar-refractivity contribution in [1.82, 2.24) is 20.0 Å². The molecule has 0 atom stereocenters. The van der Waals surface area contributed by atoms with Gasteiger partial charge in [-0.1, -0.05) is 12.1 Å². The normalized spacial score (nSPS) is 11.7. The minimum atomic E-state index is 0.558. The van der Waals surface area contributed by atoms with E-state index in [2.05, 4.69) is 52.7 Å². The summed E-state index contributed by atoms with van der Waals surface area (Å²) < 4.78 is 7.42. The molecule has 0 aliphatic rings. The lowest BCUT2D eigenvalue weighted by atomic mass is 10.1. The van der Waals surface area contributed by atoms with Gasteiger partial charge in [0.15, 0.2) is 10.9 Å². The van der Waals surface area contributed by atoms with Crippen molar-refractivity contribution < 1.29 is 4.74 Å². The Bertz CT molecular complexity index is 855. The third-order valence-electron chi connectivity index (χ3n) is 4.07. The molecular formula is C19H25N5OS. The minimum Gasteiger partial charge on any atom is -0.496 e. The van der Waals surface area contributed by atoms with Gasteiger partial charge in [-0.05, 0) is 37.5 Å². The van der Waals surface area contributed by atoms with Crippen LogP contribution in [-0.4, -0.2) is 35.5 Å². The van der Waals surface area contributed by atoms with Crippen LogP contribution in [0.15, 0.2) is 41.0 Å². The Morgan fingerprint density at radius 1 is 1.35 bits per heavy atom. The van der Waals surface area contributed by atoms with Gasteiger partial charge >= 0.3 is 0 Å². The Morgan fingerprint density at radius 3 is 3.00 bits per heavy atom. The first-order valence-electron chi connectivity index (χ1n) is 8.76. The van der Waals surface area contributed by atoms with Crippen molar-refractivity contribution in [3.63, 3.8) is 0 Å². The number of fused-ring (bicyclic) bond motifs is 1. The van der Waals surface area contributed by atoms with E-state index in [-0.39, 0.29) is 0 Å². The maximum atomic E-state index is 5.39. The van der Waals surface area contributed by atoms with Crippen LogP contribution in [0.25, 0.3) is 4.96 Å². The summed E-state index contributed by atoms with van der Waals surface area (Å²) in [4.78, 5) is 10.2. The number of aryl methyl sites for hydroxylation is 1. The zero-order valence-corrected chi connectivity index (χ0v) is 16.3. The molecule has 0 aliphatic heterocycles. The molecule has 0 saturated carbocycles. The predicted molar refractivity (Wildman–Crippen MR) is 107 cm³/mol. The van der Waals surface area contributed by atoms with E-state index >= 15 is 0 Å². The van der Waals surface area contributed by atoms with Crippen LogP contribution in [0.1, 0.15) is 23.7 Å². The fraction of sp³-hybridized carbons (Fsp3) is 0.368. The van der Waals surface area contributed by atoms with Crippen LogP contribution >= 0.6 is 11.3 Å². The highest BCUT2D eigenvalue weighted by molar-refractivity contribution is 7.15.